The van der Waals surface area contributed by atoms with Crippen LogP contribution in [-0.4, -0.2) is 48.6 Å². The van der Waals surface area contributed by atoms with Gasteiger partial charge in [-0.1, -0.05) is 6.07 Å². The Morgan fingerprint density at radius 3 is 2.91 bits per heavy atom. The zero-order chi connectivity index (χ0) is 16.4. The molecule has 1 aromatic heterocycles. The summed E-state index contributed by atoms with van der Waals surface area (Å²) in [6.45, 7) is 0.168. The molecule has 0 spiro atoms. The molecular formula is C14H16N2O5S2. The van der Waals surface area contributed by atoms with Gasteiger partial charge in [0.1, 0.15) is 12.3 Å². The van der Waals surface area contributed by atoms with Crippen LogP contribution >= 0.6 is 11.3 Å². The van der Waals surface area contributed by atoms with Crippen LogP contribution in [0.5, 0.6) is 0 Å². The third-order valence-electron chi connectivity index (χ3n) is 3.78. The molecule has 3 heterocycles. The Balaban J connectivity index is 1.68. The van der Waals surface area contributed by atoms with E-state index in [-0.39, 0.29) is 42.6 Å². The van der Waals surface area contributed by atoms with Gasteiger partial charge in [-0.25, -0.2) is 18.2 Å². The van der Waals surface area contributed by atoms with E-state index in [1.54, 1.807) is 0 Å². The van der Waals surface area contributed by atoms with Crippen LogP contribution in [0.4, 0.5) is 0 Å². The lowest BCUT2D eigenvalue weighted by atomic mass is 10.1. The zero-order valence-corrected chi connectivity index (χ0v) is 13.9. The van der Waals surface area contributed by atoms with Crippen molar-refractivity contribution in [2.75, 3.05) is 11.5 Å². The second-order valence-corrected chi connectivity index (χ2v) is 8.76. The van der Waals surface area contributed by atoms with Gasteiger partial charge in [0, 0.05) is 17.7 Å². The number of nitrogens with zero attached hydrogens (tertiary/aromatic N) is 2. The van der Waals surface area contributed by atoms with Crippen LogP contribution in [-0.2, 0) is 30.8 Å². The van der Waals surface area contributed by atoms with Crippen molar-refractivity contribution in [1.82, 2.24) is 5.01 Å². The molecule has 1 saturated heterocycles. The molecule has 1 aromatic rings. The van der Waals surface area contributed by atoms with E-state index in [1.165, 1.54) is 11.3 Å². The Morgan fingerprint density at radius 1 is 1.43 bits per heavy atom. The van der Waals surface area contributed by atoms with Crippen molar-refractivity contribution in [3.05, 3.63) is 22.4 Å². The average Bonchev–Trinajstić information content (AvgIpc) is 3.14. The number of amides is 1. The molecule has 2 aliphatic rings. The largest absolute Gasteiger partial charge is 0.455 e. The maximum atomic E-state index is 12.1. The number of esters is 1. The normalized spacial score (nSPS) is 23.7. The van der Waals surface area contributed by atoms with Crippen LogP contribution < -0.4 is 0 Å². The lowest BCUT2D eigenvalue weighted by Crippen LogP contribution is -2.42. The summed E-state index contributed by atoms with van der Waals surface area (Å²) in [6.07, 6.45) is 0.719. The molecule has 2 aliphatic heterocycles. The van der Waals surface area contributed by atoms with Crippen LogP contribution in [0.25, 0.3) is 0 Å². The molecule has 0 aliphatic carbocycles. The fourth-order valence-corrected chi connectivity index (χ4v) is 4.89. The fraction of sp³-hybridized carbons (Fsp3) is 0.500. The van der Waals surface area contributed by atoms with Crippen molar-refractivity contribution in [3.8, 4) is 0 Å². The second kappa shape index (κ2) is 6.40. The van der Waals surface area contributed by atoms with E-state index in [4.69, 9.17) is 4.74 Å². The number of sulfone groups is 1. The van der Waals surface area contributed by atoms with Gasteiger partial charge in [0.05, 0.1) is 17.5 Å². The zero-order valence-electron chi connectivity index (χ0n) is 12.3. The van der Waals surface area contributed by atoms with E-state index in [2.05, 4.69) is 5.10 Å². The predicted molar refractivity (Wildman–Crippen MR) is 84.7 cm³/mol. The number of thiophene rings is 1. The van der Waals surface area contributed by atoms with Crippen molar-refractivity contribution in [2.24, 2.45) is 5.10 Å². The molecular weight excluding hydrogens is 340 g/mol. The molecule has 0 aromatic carbocycles. The predicted octanol–water partition coefficient (Wildman–Crippen LogP) is 0.957. The first-order chi connectivity index (χ1) is 10.9. The Kier molecular flexibility index (Phi) is 4.49. The minimum absolute atomic E-state index is 0.0507. The molecule has 1 fully saturated rings. The van der Waals surface area contributed by atoms with E-state index in [0.29, 0.717) is 6.42 Å². The number of carbonyl (C=O) groups is 2. The van der Waals surface area contributed by atoms with E-state index >= 15 is 0 Å². The lowest BCUT2D eigenvalue weighted by molar-refractivity contribution is -0.138. The summed E-state index contributed by atoms with van der Waals surface area (Å²) in [4.78, 5) is 25.0. The number of hydrogen-bond acceptors (Lipinski definition) is 7. The summed E-state index contributed by atoms with van der Waals surface area (Å²) in [7, 11) is -3.12. The van der Waals surface area contributed by atoms with Gasteiger partial charge in [-0.3, -0.25) is 4.79 Å². The number of rotatable bonds is 4. The molecule has 7 nitrogen and oxygen atoms in total. The molecule has 0 saturated carbocycles. The van der Waals surface area contributed by atoms with Crippen LogP contribution in [0, 0.1) is 0 Å². The maximum Gasteiger partial charge on any atom is 0.354 e. The molecule has 0 N–H and O–H groups in total. The van der Waals surface area contributed by atoms with Gasteiger partial charge in [0.2, 0.25) is 5.91 Å². The van der Waals surface area contributed by atoms with Crippen LogP contribution in [0.1, 0.15) is 24.1 Å². The van der Waals surface area contributed by atoms with Crippen molar-refractivity contribution in [1.29, 1.82) is 0 Å². The summed E-state index contributed by atoms with van der Waals surface area (Å²) >= 11 is 1.48. The number of hydrazone groups is 1. The molecule has 1 amide bonds. The molecule has 0 radical (unpaired) electrons. The minimum Gasteiger partial charge on any atom is -0.455 e. The quantitative estimate of drug-likeness (QED) is 0.749. The highest BCUT2D eigenvalue weighted by Crippen LogP contribution is 2.22. The molecule has 124 valence electrons. The van der Waals surface area contributed by atoms with E-state index in [1.807, 2.05) is 17.5 Å². The summed E-state index contributed by atoms with van der Waals surface area (Å²) in [5, 5.41) is 7.13. The standard InChI is InChI=1S/C14H16N2O5S2/c17-13-4-3-12(14(18)21-8-11-2-1-6-22-11)15-16(13)10-5-7-23(19,20)9-10/h1-2,6,10H,3-5,7-9H2/t10-/m1/s1. The van der Waals surface area contributed by atoms with Gasteiger partial charge in [-0.2, -0.15) is 5.10 Å². The monoisotopic (exact) mass is 356 g/mol. The number of hydrogen-bond donors (Lipinski definition) is 0. The Hall–Kier alpha value is -1.74. The first kappa shape index (κ1) is 16.1. The van der Waals surface area contributed by atoms with Gasteiger partial charge in [-0.15, -0.1) is 11.3 Å². The lowest BCUT2D eigenvalue weighted by Gasteiger charge is -2.27. The van der Waals surface area contributed by atoms with E-state index in [9.17, 15) is 18.0 Å². The van der Waals surface area contributed by atoms with Gasteiger partial charge in [-0.05, 0) is 17.9 Å². The van der Waals surface area contributed by atoms with Crippen LogP contribution in [0.3, 0.4) is 0 Å². The fourth-order valence-electron chi connectivity index (χ4n) is 2.59. The Bertz CT molecular complexity index is 739. The third kappa shape index (κ3) is 3.78. The Morgan fingerprint density at radius 2 is 2.26 bits per heavy atom. The first-order valence-corrected chi connectivity index (χ1v) is 9.94. The Labute approximate surface area is 137 Å². The highest BCUT2D eigenvalue weighted by molar-refractivity contribution is 7.91. The molecule has 0 unspecified atom stereocenters. The first-order valence-electron chi connectivity index (χ1n) is 7.24. The molecule has 23 heavy (non-hydrogen) atoms. The van der Waals surface area contributed by atoms with Gasteiger partial charge in [0.25, 0.3) is 0 Å². The van der Waals surface area contributed by atoms with Crippen molar-refractivity contribution < 1.29 is 22.7 Å². The van der Waals surface area contributed by atoms with Crippen molar-refractivity contribution in [3.63, 3.8) is 0 Å². The van der Waals surface area contributed by atoms with Gasteiger partial charge in [0.15, 0.2) is 9.84 Å². The topological polar surface area (TPSA) is 93.1 Å². The number of carbonyl (C=O) groups excluding carboxylic acids is 2. The molecule has 3 rings (SSSR count). The second-order valence-electron chi connectivity index (χ2n) is 5.50. The summed E-state index contributed by atoms with van der Waals surface area (Å²) in [5.74, 6) is -0.854. The van der Waals surface area contributed by atoms with Crippen LogP contribution in [0.2, 0.25) is 0 Å². The number of ether oxygens (including phenoxy) is 1. The highest BCUT2D eigenvalue weighted by atomic mass is 32.2. The molecule has 9 heteroatoms. The summed E-state index contributed by atoms with van der Waals surface area (Å²) < 4.78 is 28.3. The SMILES string of the molecule is O=C(OCc1cccs1)C1=NN([C@@H]2CCS(=O)(=O)C2)C(=O)CC1. The van der Waals surface area contributed by atoms with Crippen molar-refractivity contribution in [2.45, 2.75) is 31.9 Å². The molecule has 1 atom stereocenters. The highest BCUT2D eigenvalue weighted by Gasteiger charge is 2.37. The molecule has 0 bridgehead atoms. The maximum absolute atomic E-state index is 12.1. The van der Waals surface area contributed by atoms with Gasteiger partial charge >= 0.3 is 5.97 Å². The van der Waals surface area contributed by atoms with Crippen molar-refractivity contribution >= 4 is 38.8 Å². The van der Waals surface area contributed by atoms with Crippen LogP contribution in [0.15, 0.2) is 22.6 Å². The summed E-state index contributed by atoms with van der Waals surface area (Å²) in [6, 6.07) is 3.25. The van der Waals surface area contributed by atoms with E-state index in [0.717, 1.165) is 9.89 Å². The summed E-state index contributed by atoms with van der Waals surface area (Å²) in [5.41, 5.74) is 0.172. The smallest absolute Gasteiger partial charge is 0.354 e. The van der Waals surface area contributed by atoms with E-state index < -0.39 is 21.8 Å². The van der Waals surface area contributed by atoms with Gasteiger partial charge < -0.3 is 4.74 Å². The average molecular weight is 356 g/mol. The minimum atomic E-state index is -3.12. The third-order valence-corrected chi connectivity index (χ3v) is 6.38.